The molecule has 0 spiro atoms. The summed E-state index contributed by atoms with van der Waals surface area (Å²) in [6, 6.07) is 13.4. The fraction of sp³-hybridized carbons (Fsp3) is 0.286. The summed E-state index contributed by atoms with van der Waals surface area (Å²) >= 11 is 0. The first-order valence-corrected chi connectivity index (χ1v) is 8.76. The van der Waals surface area contributed by atoms with Crippen LogP contribution in [-0.4, -0.2) is 29.8 Å². The highest BCUT2D eigenvalue weighted by Crippen LogP contribution is 2.33. The molecule has 1 aromatic heterocycles. The number of hydrogen-bond acceptors (Lipinski definition) is 3. The lowest BCUT2D eigenvalue weighted by atomic mass is 10.0. The SMILES string of the molecule is CCCCOc1ccc2[nH]c(-c3ccc(OC)cc3)c(CC(=O)O)c2c1. The number of carbonyl (C=O) groups is 1. The van der Waals surface area contributed by atoms with Gasteiger partial charge in [0.1, 0.15) is 11.5 Å². The summed E-state index contributed by atoms with van der Waals surface area (Å²) in [6.45, 7) is 2.77. The van der Waals surface area contributed by atoms with E-state index in [4.69, 9.17) is 9.47 Å². The minimum atomic E-state index is -0.863. The zero-order chi connectivity index (χ0) is 18.5. The van der Waals surface area contributed by atoms with Crippen molar-refractivity contribution < 1.29 is 19.4 Å². The van der Waals surface area contributed by atoms with Gasteiger partial charge in [-0.2, -0.15) is 0 Å². The number of fused-ring (bicyclic) bond motifs is 1. The molecule has 136 valence electrons. The molecule has 3 aromatic rings. The summed E-state index contributed by atoms with van der Waals surface area (Å²) in [5.74, 6) is 0.659. The van der Waals surface area contributed by atoms with E-state index in [-0.39, 0.29) is 6.42 Å². The predicted molar refractivity (Wildman–Crippen MR) is 102 cm³/mol. The minimum absolute atomic E-state index is 0.0558. The highest BCUT2D eigenvalue weighted by Gasteiger charge is 2.16. The van der Waals surface area contributed by atoms with Gasteiger partial charge in [0.2, 0.25) is 0 Å². The van der Waals surface area contributed by atoms with Crippen molar-refractivity contribution in [3.8, 4) is 22.8 Å². The van der Waals surface area contributed by atoms with Crippen molar-refractivity contribution >= 4 is 16.9 Å². The van der Waals surface area contributed by atoms with Crippen LogP contribution in [0.15, 0.2) is 42.5 Å². The molecule has 5 nitrogen and oxygen atoms in total. The second-order valence-corrected chi connectivity index (χ2v) is 6.19. The standard InChI is InChI=1S/C21H23NO4/c1-3-4-11-26-16-9-10-19-17(12-16)18(13-20(23)24)21(22-19)14-5-7-15(25-2)8-6-14/h5-10,12,22H,3-4,11,13H2,1-2H3,(H,23,24). The number of H-pyrrole nitrogens is 1. The molecule has 0 fully saturated rings. The van der Waals surface area contributed by atoms with Crippen molar-refractivity contribution in [2.24, 2.45) is 0 Å². The number of unbranched alkanes of at least 4 members (excludes halogenated alkanes) is 1. The van der Waals surface area contributed by atoms with Gasteiger partial charge in [-0.25, -0.2) is 0 Å². The minimum Gasteiger partial charge on any atom is -0.497 e. The van der Waals surface area contributed by atoms with Gasteiger partial charge in [0.25, 0.3) is 0 Å². The molecule has 0 bridgehead atoms. The van der Waals surface area contributed by atoms with Gasteiger partial charge in [-0.3, -0.25) is 4.79 Å². The molecule has 0 unspecified atom stereocenters. The maximum Gasteiger partial charge on any atom is 0.307 e. The van der Waals surface area contributed by atoms with E-state index in [1.165, 1.54) is 0 Å². The molecule has 0 aliphatic carbocycles. The second kappa shape index (κ2) is 7.95. The van der Waals surface area contributed by atoms with Crippen LogP contribution < -0.4 is 9.47 Å². The highest BCUT2D eigenvalue weighted by atomic mass is 16.5. The third kappa shape index (κ3) is 3.82. The second-order valence-electron chi connectivity index (χ2n) is 6.19. The largest absolute Gasteiger partial charge is 0.497 e. The Morgan fingerprint density at radius 3 is 2.50 bits per heavy atom. The number of nitrogens with one attached hydrogen (secondary N) is 1. The summed E-state index contributed by atoms with van der Waals surface area (Å²) in [6.07, 6.45) is 2.00. The number of methoxy groups -OCH3 is 1. The Labute approximate surface area is 152 Å². The molecular weight excluding hydrogens is 330 g/mol. The quantitative estimate of drug-likeness (QED) is 0.578. The molecule has 0 amide bonds. The van der Waals surface area contributed by atoms with Gasteiger partial charge in [-0.15, -0.1) is 0 Å². The first-order chi connectivity index (χ1) is 12.6. The zero-order valence-electron chi connectivity index (χ0n) is 15.0. The Morgan fingerprint density at radius 2 is 1.85 bits per heavy atom. The Bertz CT molecular complexity index is 896. The van der Waals surface area contributed by atoms with Gasteiger partial charge in [0.15, 0.2) is 0 Å². The highest BCUT2D eigenvalue weighted by molar-refractivity contribution is 5.94. The van der Waals surface area contributed by atoms with Crippen LogP contribution in [0.3, 0.4) is 0 Å². The van der Waals surface area contributed by atoms with Crippen molar-refractivity contribution in [1.82, 2.24) is 4.98 Å². The summed E-state index contributed by atoms with van der Waals surface area (Å²) in [7, 11) is 1.62. The number of rotatable bonds is 8. The fourth-order valence-electron chi connectivity index (χ4n) is 2.99. The monoisotopic (exact) mass is 353 g/mol. The number of aromatic amines is 1. The number of aliphatic carboxylic acids is 1. The van der Waals surface area contributed by atoms with Gasteiger partial charge < -0.3 is 19.6 Å². The number of benzene rings is 2. The fourth-order valence-corrected chi connectivity index (χ4v) is 2.99. The molecule has 1 heterocycles. The van der Waals surface area contributed by atoms with E-state index < -0.39 is 5.97 Å². The number of ether oxygens (including phenoxy) is 2. The van der Waals surface area contributed by atoms with Crippen molar-refractivity contribution in [3.05, 3.63) is 48.0 Å². The maximum atomic E-state index is 11.4. The number of hydrogen-bond donors (Lipinski definition) is 2. The molecule has 26 heavy (non-hydrogen) atoms. The molecule has 0 saturated heterocycles. The lowest BCUT2D eigenvalue weighted by Crippen LogP contribution is -2.01. The molecule has 0 radical (unpaired) electrons. The Hall–Kier alpha value is -2.95. The number of carboxylic acids is 1. The molecule has 5 heteroatoms. The average molecular weight is 353 g/mol. The summed E-state index contributed by atoms with van der Waals surface area (Å²) in [5, 5.41) is 10.3. The summed E-state index contributed by atoms with van der Waals surface area (Å²) in [4.78, 5) is 14.8. The molecule has 0 atom stereocenters. The number of carboxylic acid groups (broad SMARTS) is 1. The average Bonchev–Trinajstić information content (AvgIpc) is 2.99. The van der Waals surface area contributed by atoms with Crippen LogP contribution in [0.5, 0.6) is 11.5 Å². The summed E-state index contributed by atoms with van der Waals surface area (Å²) < 4.78 is 11.0. The van der Waals surface area contributed by atoms with E-state index in [1.807, 2.05) is 42.5 Å². The molecule has 2 N–H and O–H groups in total. The third-order valence-corrected chi connectivity index (χ3v) is 4.35. The number of aromatic nitrogens is 1. The lowest BCUT2D eigenvalue weighted by molar-refractivity contribution is -0.136. The van der Waals surface area contributed by atoms with Crippen molar-refractivity contribution in [2.75, 3.05) is 13.7 Å². The van der Waals surface area contributed by atoms with Gasteiger partial charge >= 0.3 is 5.97 Å². The smallest absolute Gasteiger partial charge is 0.307 e. The molecule has 3 rings (SSSR count). The summed E-state index contributed by atoms with van der Waals surface area (Å²) in [5.41, 5.74) is 3.40. The van der Waals surface area contributed by atoms with Gasteiger partial charge in [0, 0.05) is 10.9 Å². The van der Waals surface area contributed by atoms with Gasteiger partial charge in [-0.1, -0.05) is 13.3 Å². The first-order valence-electron chi connectivity index (χ1n) is 8.76. The van der Waals surface area contributed by atoms with Crippen LogP contribution >= 0.6 is 0 Å². The van der Waals surface area contributed by atoms with Crippen LogP contribution in [0.1, 0.15) is 25.3 Å². The van der Waals surface area contributed by atoms with E-state index in [0.29, 0.717) is 6.61 Å². The van der Waals surface area contributed by atoms with Crippen LogP contribution in [0.2, 0.25) is 0 Å². The van der Waals surface area contributed by atoms with E-state index in [1.54, 1.807) is 7.11 Å². The first kappa shape index (κ1) is 17.9. The predicted octanol–water partition coefficient (Wildman–Crippen LogP) is 4.65. The van der Waals surface area contributed by atoms with Crippen molar-refractivity contribution in [1.29, 1.82) is 0 Å². The zero-order valence-corrected chi connectivity index (χ0v) is 15.0. The Balaban J connectivity index is 2.04. The van der Waals surface area contributed by atoms with E-state index in [9.17, 15) is 9.90 Å². The van der Waals surface area contributed by atoms with E-state index in [0.717, 1.165) is 52.1 Å². The van der Waals surface area contributed by atoms with Crippen molar-refractivity contribution in [3.63, 3.8) is 0 Å². The van der Waals surface area contributed by atoms with Gasteiger partial charge in [-0.05, 0) is 60.0 Å². The normalized spacial score (nSPS) is 10.8. The molecule has 0 aliphatic heterocycles. The van der Waals surface area contributed by atoms with E-state index in [2.05, 4.69) is 11.9 Å². The van der Waals surface area contributed by atoms with Crippen molar-refractivity contribution in [2.45, 2.75) is 26.2 Å². The third-order valence-electron chi connectivity index (χ3n) is 4.35. The Morgan fingerprint density at radius 1 is 1.12 bits per heavy atom. The van der Waals surface area contributed by atoms with Crippen LogP contribution in [0.25, 0.3) is 22.2 Å². The van der Waals surface area contributed by atoms with E-state index >= 15 is 0 Å². The van der Waals surface area contributed by atoms with Crippen LogP contribution in [-0.2, 0) is 11.2 Å². The molecule has 0 aliphatic rings. The molecule has 0 saturated carbocycles. The van der Waals surface area contributed by atoms with Gasteiger partial charge in [0.05, 0.1) is 25.8 Å². The molecule has 2 aromatic carbocycles. The topological polar surface area (TPSA) is 71.5 Å². The van der Waals surface area contributed by atoms with Crippen LogP contribution in [0.4, 0.5) is 0 Å². The Kier molecular flexibility index (Phi) is 5.46. The lowest BCUT2D eigenvalue weighted by Gasteiger charge is -2.06. The maximum absolute atomic E-state index is 11.4. The van der Waals surface area contributed by atoms with Crippen LogP contribution in [0, 0.1) is 0 Å². The molecular formula is C21H23NO4.